The smallest absolute Gasteiger partial charge is 0.226 e. The number of nitrogens with one attached hydrogen (secondary N) is 1. The van der Waals surface area contributed by atoms with Crippen LogP contribution in [0.2, 0.25) is 10.0 Å². The fourth-order valence-electron chi connectivity index (χ4n) is 9.21. The zero-order valence-electron chi connectivity index (χ0n) is 30.3. The molecule has 3 saturated heterocycles. The molecule has 5 aromatic rings. The van der Waals surface area contributed by atoms with Crippen molar-refractivity contribution in [2.75, 3.05) is 13.1 Å². The number of aryl methyl sites for hydroxylation is 2. The zero-order chi connectivity index (χ0) is 37.6. The van der Waals surface area contributed by atoms with E-state index in [0.717, 1.165) is 53.0 Å². The van der Waals surface area contributed by atoms with Gasteiger partial charge in [0, 0.05) is 70.4 Å². The van der Waals surface area contributed by atoms with Gasteiger partial charge in [0.25, 0.3) is 0 Å². The molecule has 9 nitrogen and oxygen atoms in total. The number of ether oxygens (including phenoxy) is 1. The highest BCUT2D eigenvalue weighted by Crippen LogP contribution is 2.52. The molecule has 10 rings (SSSR count). The summed E-state index contributed by atoms with van der Waals surface area (Å²) in [5.74, 6) is -0.0813. The Morgan fingerprint density at radius 1 is 1.20 bits per heavy atom. The van der Waals surface area contributed by atoms with E-state index in [1.807, 2.05) is 24.8 Å². The van der Waals surface area contributed by atoms with E-state index in [0.29, 0.717) is 46.1 Å². The first kappa shape index (κ1) is 36.0. The molecule has 6 heterocycles. The number of fused-ring (bicyclic) bond motifs is 4. The van der Waals surface area contributed by atoms with E-state index in [1.54, 1.807) is 25.1 Å². The second kappa shape index (κ2) is 13.8. The van der Waals surface area contributed by atoms with Crippen LogP contribution in [-0.2, 0) is 16.0 Å². The maximum Gasteiger partial charge on any atom is 0.226 e. The second-order valence-corrected chi connectivity index (χ2v) is 17.3. The molecule has 7 unspecified atom stereocenters. The highest BCUT2D eigenvalue weighted by molar-refractivity contribution is 7.05. The van der Waals surface area contributed by atoms with Gasteiger partial charge in [-0.3, -0.25) is 4.79 Å². The number of aromatic nitrogens is 3. The Hall–Kier alpha value is -3.63. The zero-order valence-corrected chi connectivity index (χ0v) is 32.6. The molecule has 3 aliphatic heterocycles. The van der Waals surface area contributed by atoms with Crippen LogP contribution < -0.4 is 5.32 Å². The van der Waals surface area contributed by atoms with Crippen LogP contribution in [0.3, 0.4) is 0 Å². The van der Waals surface area contributed by atoms with E-state index < -0.39 is 11.9 Å². The maximum atomic E-state index is 17.4. The molecule has 3 aromatic heterocycles. The highest BCUT2D eigenvalue weighted by Gasteiger charge is 2.51. The van der Waals surface area contributed by atoms with Gasteiger partial charge in [-0.05, 0) is 93.7 Å². The number of carbonyl (C=O) groups is 1. The number of halogens is 3. The average molecular weight is 788 g/mol. The number of amides is 1. The van der Waals surface area contributed by atoms with Gasteiger partial charge in [0.1, 0.15) is 5.52 Å². The van der Waals surface area contributed by atoms with Crippen molar-refractivity contribution >= 4 is 62.4 Å². The number of aliphatic hydroxyl groups is 1. The molecule has 2 aliphatic carbocycles. The highest BCUT2D eigenvalue weighted by atomic mass is 35.5. The summed E-state index contributed by atoms with van der Waals surface area (Å²) in [6.45, 7) is 7.02. The Morgan fingerprint density at radius 2 is 2.02 bits per heavy atom. The molecule has 2 saturated carbocycles. The van der Waals surface area contributed by atoms with E-state index in [1.165, 1.54) is 11.5 Å². The number of likely N-dealkylation sites (tertiary alicyclic amines) is 1. The first-order valence-electron chi connectivity index (χ1n) is 18.9. The molecule has 2 bridgehead atoms. The summed E-state index contributed by atoms with van der Waals surface area (Å²) in [4.78, 5) is 22.1. The van der Waals surface area contributed by atoms with Crippen molar-refractivity contribution in [3.05, 3.63) is 79.8 Å². The topological polar surface area (TPSA) is 116 Å². The number of nitriles is 1. The van der Waals surface area contributed by atoms with Gasteiger partial charge in [-0.15, -0.1) is 0 Å². The molecule has 0 radical (unpaired) electrons. The summed E-state index contributed by atoms with van der Waals surface area (Å²) in [6.07, 6.45) is 2.37. The van der Waals surface area contributed by atoms with Crippen molar-refractivity contribution in [2.45, 2.75) is 95.7 Å². The monoisotopic (exact) mass is 786 g/mol. The number of carbonyl (C=O) groups excluding carboxylic acids is 1. The number of nitrogens with zero attached hydrogens (tertiary/aromatic N) is 5. The average Bonchev–Trinajstić information content (AvgIpc) is 3.58. The third-order valence-electron chi connectivity index (χ3n) is 11.9. The largest absolute Gasteiger partial charge is 0.387 e. The van der Waals surface area contributed by atoms with Gasteiger partial charge in [0.15, 0.2) is 5.82 Å². The van der Waals surface area contributed by atoms with Crippen LogP contribution in [0.25, 0.3) is 32.9 Å². The molecule has 0 spiro atoms. The molecule has 5 fully saturated rings. The molecule has 2 N–H and O–H groups in total. The van der Waals surface area contributed by atoms with E-state index in [-0.39, 0.29) is 71.1 Å². The minimum atomic E-state index is -1.01. The van der Waals surface area contributed by atoms with Crippen molar-refractivity contribution in [1.29, 1.82) is 5.26 Å². The third kappa shape index (κ3) is 5.92. The number of pyridine rings is 1. The number of hydrogen-bond acceptors (Lipinski definition) is 8. The second-order valence-electron chi connectivity index (χ2n) is 15.5. The predicted octanol–water partition coefficient (Wildman–Crippen LogP) is 8.94. The Kier molecular flexibility index (Phi) is 9.23. The summed E-state index contributed by atoms with van der Waals surface area (Å²) in [5, 5.41) is 26.5. The van der Waals surface area contributed by atoms with Gasteiger partial charge < -0.3 is 24.6 Å². The van der Waals surface area contributed by atoms with Crippen LogP contribution >= 0.6 is 34.7 Å². The van der Waals surface area contributed by atoms with Crippen LogP contribution in [-0.4, -0.2) is 55.1 Å². The van der Waals surface area contributed by atoms with Crippen molar-refractivity contribution in [1.82, 2.24) is 24.1 Å². The molecule has 5 aliphatic rings. The predicted molar refractivity (Wildman–Crippen MR) is 208 cm³/mol. The van der Waals surface area contributed by atoms with Crippen LogP contribution in [0, 0.1) is 35.9 Å². The standard InChI is InChI=1S/C41H41Cl2FN6O3S/c1-19-12-30(48-54-19)21(3)53-25-15-32(49(18-25)41(52)22-9-10-22)33-16-28-37(20(2)51)47-38-27(40(28)50(33)39-24-14-31(39)46-17-24)13-23(6-5-11-45)34(36(38)44)26-7-4-8-29(42)35(26)43/h4,7-8,12-13,16,20-22,24-25,31-32,39,46,51H,5-6,9-10,14-15,17-18H2,1-3H3. The lowest BCUT2D eigenvalue weighted by Gasteiger charge is -2.39. The quantitative estimate of drug-likeness (QED) is 0.145. The Labute approximate surface area is 327 Å². The molecular weight excluding hydrogens is 746 g/mol. The lowest BCUT2D eigenvalue weighted by Crippen LogP contribution is -2.41. The van der Waals surface area contributed by atoms with Gasteiger partial charge in [-0.25, -0.2) is 9.37 Å². The molecule has 2 aromatic carbocycles. The van der Waals surface area contributed by atoms with Crippen LogP contribution in [0.1, 0.15) is 97.8 Å². The maximum absolute atomic E-state index is 17.4. The summed E-state index contributed by atoms with van der Waals surface area (Å²) < 4.78 is 31.0. The number of aliphatic hydroxyl groups excluding tert-OH is 1. The minimum absolute atomic E-state index is 0.00767. The fourth-order valence-corrected chi connectivity index (χ4v) is 10.2. The van der Waals surface area contributed by atoms with Gasteiger partial charge >= 0.3 is 0 Å². The van der Waals surface area contributed by atoms with Crippen LogP contribution in [0.15, 0.2) is 36.4 Å². The first-order valence-corrected chi connectivity index (χ1v) is 20.4. The molecule has 1 amide bonds. The molecule has 280 valence electrons. The summed E-state index contributed by atoms with van der Waals surface area (Å²) in [5.41, 5.74) is 4.38. The van der Waals surface area contributed by atoms with Gasteiger partial charge in [-0.1, -0.05) is 35.3 Å². The normalized spacial score (nSPS) is 24.6. The molecular formula is C41H41Cl2FN6O3S. The molecule has 13 heteroatoms. The molecule has 7 atom stereocenters. The van der Waals surface area contributed by atoms with Crippen LogP contribution in [0.5, 0.6) is 0 Å². The third-order valence-corrected chi connectivity index (χ3v) is 13.5. The first-order chi connectivity index (χ1) is 26.0. The van der Waals surface area contributed by atoms with Crippen molar-refractivity contribution in [2.24, 2.45) is 11.8 Å². The Morgan fingerprint density at radius 3 is 2.69 bits per heavy atom. The lowest BCUT2D eigenvalue weighted by atomic mass is 9.79. The Balaban J connectivity index is 1.27. The van der Waals surface area contributed by atoms with Gasteiger partial charge in [-0.2, -0.15) is 9.64 Å². The van der Waals surface area contributed by atoms with Crippen molar-refractivity contribution in [3.8, 4) is 17.2 Å². The Bertz CT molecular complexity index is 2350. The summed E-state index contributed by atoms with van der Waals surface area (Å²) in [6, 6.07) is 13.4. The van der Waals surface area contributed by atoms with E-state index in [9.17, 15) is 15.2 Å². The lowest BCUT2D eigenvalue weighted by molar-refractivity contribution is -0.134. The van der Waals surface area contributed by atoms with Gasteiger partial charge in [0.05, 0.1) is 63.4 Å². The molecule has 54 heavy (non-hydrogen) atoms. The van der Waals surface area contributed by atoms with Crippen LogP contribution in [0.4, 0.5) is 4.39 Å². The van der Waals surface area contributed by atoms with Gasteiger partial charge in [0.2, 0.25) is 5.91 Å². The van der Waals surface area contributed by atoms with E-state index >= 15 is 4.39 Å². The van der Waals surface area contributed by atoms with Crippen molar-refractivity contribution in [3.63, 3.8) is 0 Å². The fraction of sp³-hybridized carbons (Fsp3) is 0.463. The summed E-state index contributed by atoms with van der Waals surface area (Å²) in [7, 11) is 0. The summed E-state index contributed by atoms with van der Waals surface area (Å²) >= 11 is 14.6. The number of benzene rings is 2. The number of hydrogen-bond donors (Lipinski definition) is 2. The van der Waals surface area contributed by atoms with Crippen molar-refractivity contribution < 1.29 is 19.0 Å². The minimum Gasteiger partial charge on any atom is -0.387 e. The SMILES string of the molecule is Cc1cc(C(C)OC2CC(c3cc4c(C(C)O)nc5c(F)c(-c6cccc(Cl)c6Cl)c(CCC#N)cc5c4n3C3C4CNC3C4)N(C(=O)C3CC3)C2)ns1. The van der Waals surface area contributed by atoms with E-state index in [2.05, 4.69) is 32.5 Å². The van der Waals surface area contributed by atoms with E-state index in [4.69, 9.17) is 32.9 Å². The number of rotatable bonds is 10.